The molecule has 6 nitrogen and oxygen atoms in total. The van der Waals surface area contributed by atoms with Gasteiger partial charge in [-0.25, -0.2) is 0 Å². The number of carbonyl (C=O) groups excluding carboxylic acids is 1. The molecular formula is C9H19NO5Si. The van der Waals surface area contributed by atoms with Crippen LogP contribution >= 0.6 is 0 Å². The van der Waals surface area contributed by atoms with E-state index in [2.05, 4.69) is 5.32 Å². The zero-order valence-corrected chi connectivity index (χ0v) is 10.2. The van der Waals surface area contributed by atoms with Gasteiger partial charge in [0, 0.05) is 25.6 Å². The number of amides is 1. The van der Waals surface area contributed by atoms with Crippen LogP contribution in [0.1, 0.15) is 25.7 Å². The number of nitrogens with one attached hydrogen (secondary N) is 1. The molecule has 0 spiro atoms. The van der Waals surface area contributed by atoms with E-state index in [4.69, 9.17) is 19.1 Å². The first-order chi connectivity index (χ1) is 7.47. The topological polar surface area (TPSA) is 99.0 Å². The molecular weight excluding hydrogens is 230 g/mol. The van der Waals surface area contributed by atoms with Gasteiger partial charge in [0.1, 0.15) is 0 Å². The van der Waals surface area contributed by atoms with Crippen molar-refractivity contribution in [3.8, 4) is 0 Å². The van der Waals surface area contributed by atoms with E-state index in [1.54, 1.807) is 0 Å². The van der Waals surface area contributed by atoms with Gasteiger partial charge in [0.05, 0.1) is 6.10 Å². The molecule has 0 aromatic heterocycles. The Morgan fingerprint density at radius 3 is 2.75 bits per heavy atom. The zero-order valence-electron chi connectivity index (χ0n) is 9.19. The number of hydrogen-bond donors (Lipinski definition) is 4. The second kappa shape index (κ2) is 6.31. The lowest BCUT2D eigenvalue weighted by molar-refractivity contribution is -0.121. The van der Waals surface area contributed by atoms with Crippen molar-refractivity contribution in [3.63, 3.8) is 0 Å². The largest absolute Gasteiger partial charge is 0.492 e. The first kappa shape index (κ1) is 13.6. The van der Waals surface area contributed by atoms with Gasteiger partial charge in [-0.05, 0) is 19.3 Å². The molecule has 16 heavy (non-hydrogen) atoms. The van der Waals surface area contributed by atoms with E-state index in [-0.39, 0.29) is 30.9 Å². The van der Waals surface area contributed by atoms with Crippen molar-refractivity contribution in [2.24, 2.45) is 0 Å². The minimum absolute atomic E-state index is 0.0969. The molecule has 0 aromatic carbocycles. The molecule has 1 unspecified atom stereocenters. The molecule has 0 aliphatic carbocycles. The minimum atomic E-state index is -3.98. The quantitative estimate of drug-likeness (QED) is 0.452. The van der Waals surface area contributed by atoms with Gasteiger partial charge >= 0.3 is 8.80 Å². The fraction of sp³-hybridized carbons (Fsp3) is 0.889. The summed E-state index contributed by atoms with van der Waals surface area (Å²) in [4.78, 5) is 37.5. The van der Waals surface area contributed by atoms with E-state index >= 15 is 0 Å². The van der Waals surface area contributed by atoms with Gasteiger partial charge in [0.15, 0.2) is 0 Å². The van der Waals surface area contributed by atoms with Crippen LogP contribution in [0.2, 0.25) is 6.04 Å². The van der Waals surface area contributed by atoms with Gasteiger partial charge in [-0.2, -0.15) is 0 Å². The molecule has 1 saturated heterocycles. The summed E-state index contributed by atoms with van der Waals surface area (Å²) in [5.41, 5.74) is 0. The van der Waals surface area contributed by atoms with Crippen LogP contribution in [0.4, 0.5) is 0 Å². The van der Waals surface area contributed by atoms with Gasteiger partial charge in [-0.1, -0.05) is 0 Å². The third-order valence-electron chi connectivity index (χ3n) is 2.47. The van der Waals surface area contributed by atoms with Crippen LogP contribution in [0.5, 0.6) is 0 Å². The van der Waals surface area contributed by atoms with Gasteiger partial charge in [0.2, 0.25) is 5.91 Å². The lowest BCUT2D eigenvalue weighted by atomic mass is 10.2. The molecule has 0 bridgehead atoms. The third kappa shape index (κ3) is 6.18. The second-order valence-corrected chi connectivity index (χ2v) is 6.12. The van der Waals surface area contributed by atoms with Crippen molar-refractivity contribution in [2.45, 2.75) is 37.8 Å². The number of carbonyl (C=O) groups is 1. The molecule has 1 heterocycles. The van der Waals surface area contributed by atoms with Crippen LogP contribution in [0.15, 0.2) is 0 Å². The Hall–Kier alpha value is -0.473. The monoisotopic (exact) mass is 249 g/mol. The van der Waals surface area contributed by atoms with E-state index < -0.39 is 8.80 Å². The summed E-state index contributed by atoms with van der Waals surface area (Å²) in [5, 5.41) is 2.72. The number of rotatable bonds is 6. The van der Waals surface area contributed by atoms with E-state index in [9.17, 15) is 4.79 Å². The lowest BCUT2D eigenvalue weighted by Gasteiger charge is -2.11. The standard InChI is InChI=1S/C9H19NO5Si/c11-9(4-2-6-16(12,13)14)10-7-8-3-1-5-15-8/h8,12-14H,1-7H2,(H,10,11). The first-order valence-electron chi connectivity index (χ1n) is 5.53. The maximum absolute atomic E-state index is 11.3. The Kier molecular flexibility index (Phi) is 5.36. The summed E-state index contributed by atoms with van der Waals surface area (Å²) in [6.07, 6.45) is 2.61. The van der Waals surface area contributed by atoms with Gasteiger partial charge in [-0.3, -0.25) is 4.79 Å². The molecule has 1 atom stereocenters. The molecule has 94 valence electrons. The summed E-state index contributed by atoms with van der Waals surface area (Å²) in [6.45, 7) is 1.27. The average molecular weight is 249 g/mol. The van der Waals surface area contributed by atoms with E-state index in [0.717, 1.165) is 19.4 Å². The van der Waals surface area contributed by atoms with Crippen LogP contribution in [0.3, 0.4) is 0 Å². The maximum atomic E-state index is 11.3. The van der Waals surface area contributed by atoms with Gasteiger partial charge in [-0.15, -0.1) is 0 Å². The fourth-order valence-electron chi connectivity index (χ4n) is 1.61. The Morgan fingerprint density at radius 1 is 1.44 bits per heavy atom. The third-order valence-corrected chi connectivity index (χ3v) is 3.49. The van der Waals surface area contributed by atoms with Crippen molar-refractivity contribution in [1.82, 2.24) is 5.32 Å². The van der Waals surface area contributed by atoms with Gasteiger partial charge in [0.25, 0.3) is 0 Å². The predicted molar refractivity (Wildman–Crippen MR) is 58.4 cm³/mol. The van der Waals surface area contributed by atoms with Crippen LogP contribution in [-0.2, 0) is 9.53 Å². The molecule has 1 aliphatic heterocycles. The van der Waals surface area contributed by atoms with Crippen molar-refractivity contribution >= 4 is 14.7 Å². The Labute approximate surface area is 95.6 Å². The molecule has 1 fully saturated rings. The number of ether oxygens (including phenoxy) is 1. The van der Waals surface area contributed by atoms with Crippen molar-refractivity contribution in [2.75, 3.05) is 13.2 Å². The lowest BCUT2D eigenvalue weighted by Crippen LogP contribution is -2.35. The van der Waals surface area contributed by atoms with Crippen LogP contribution in [-0.4, -0.2) is 48.4 Å². The maximum Gasteiger partial charge on any atom is 0.492 e. The normalized spacial score (nSPS) is 21.1. The van der Waals surface area contributed by atoms with E-state index in [1.807, 2.05) is 0 Å². The highest BCUT2D eigenvalue weighted by Gasteiger charge is 2.26. The summed E-state index contributed by atoms with van der Waals surface area (Å²) >= 11 is 0. The Morgan fingerprint density at radius 2 is 2.19 bits per heavy atom. The van der Waals surface area contributed by atoms with Crippen molar-refractivity contribution < 1.29 is 23.9 Å². The molecule has 1 amide bonds. The highest BCUT2D eigenvalue weighted by Crippen LogP contribution is 2.10. The van der Waals surface area contributed by atoms with Crippen LogP contribution in [0, 0.1) is 0 Å². The Balaban J connectivity index is 2.02. The van der Waals surface area contributed by atoms with E-state index in [0.29, 0.717) is 6.54 Å². The second-order valence-electron chi connectivity index (χ2n) is 4.07. The predicted octanol–water partition coefficient (Wildman–Crippen LogP) is -1.02. The molecule has 4 N–H and O–H groups in total. The molecule has 1 rings (SSSR count). The zero-order chi connectivity index (χ0) is 12.0. The van der Waals surface area contributed by atoms with Crippen molar-refractivity contribution in [1.29, 1.82) is 0 Å². The first-order valence-corrected chi connectivity index (χ1v) is 7.58. The Bertz CT molecular complexity index is 224. The van der Waals surface area contributed by atoms with Crippen LogP contribution < -0.4 is 5.32 Å². The highest BCUT2D eigenvalue weighted by atomic mass is 28.4. The molecule has 0 radical (unpaired) electrons. The molecule has 7 heteroatoms. The minimum Gasteiger partial charge on any atom is -0.390 e. The smallest absolute Gasteiger partial charge is 0.390 e. The van der Waals surface area contributed by atoms with Crippen molar-refractivity contribution in [3.05, 3.63) is 0 Å². The average Bonchev–Trinajstić information content (AvgIpc) is 2.65. The van der Waals surface area contributed by atoms with E-state index in [1.165, 1.54) is 0 Å². The SMILES string of the molecule is O=C(CCC[Si](O)(O)O)NCC1CCCO1. The highest BCUT2D eigenvalue weighted by molar-refractivity contribution is 6.56. The fourth-order valence-corrected chi connectivity index (χ4v) is 2.26. The molecule has 1 aliphatic rings. The summed E-state index contributed by atoms with van der Waals surface area (Å²) in [6, 6.07) is -0.0969. The summed E-state index contributed by atoms with van der Waals surface area (Å²) in [5.74, 6) is -0.145. The molecule has 0 saturated carbocycles. The van der Waals surface area contributed by atoms with Gasteiger partial charge < -0.3 is 24.4 Å². The molecule has 0 aromatic rings. The summed E-state index contributed by atoms with van der Waals surface area (Å²) in [7, 11) is -3.98. The van der Waals surface area contributed by atoms with Crippen LogP contribution in [0.25, 0.3) is 0 Å². The summed E-state index contributed by atoms with van der Waals surface area (Å²) < 4.78 is 5.33. The number of hydrogen-bond acceptors (Lipinski definition) is 5.